The molecule has 1 unspecified atom stereocenters. The molecule has 0 aromatic heterocycles. The van der Waals surface area contributed by atoms with E-state index in [1.807, 2.05) is 6.07 Å². The molecule has 1 aromatic carbocycles. The summed E-state index contributed by atoms with van der Waals surface area (Å²) in [4.78, 5) is 0. The number of benzene rings is 1. The summed E-state index contributed by atoms with van der Waals surface area (Å²) < 4.78 is 19.4. The average molecular weight is 263 g/mol. The van der Waals surface area contributed by atoms with Gasteiger partial charge in [0.1, 0.15) is 11.6 Å². The van der Waals surface area contributed by atoms with Crippen LogP contribution in [0.5, 0.6) is 5.75 Å². The molecule has 0 amide bonds. The molecule has 1 N–H and O–H groups in total. The molecular weight excluding hydrogens is 241 g/mol. The average Bonchev–Trinajstić information content (AvgIpc) is 2.37. The Balaban J connectivity index is 1.67. The number of rotatable bonds is 4. The maximum atomic E-state index is 13.7. The zero-order valence-electron chi connectivity index (χ0n) is 11.3. The monoisotopic (exact) mass is 263 g/mol. The molecule has 0 radical (unpaired) electrons. The van der Waals surface area contributed by atoms with E-state index >= 15 is 0 Å². The quantitative estimate of drug-likeness (QED) is 0.891. The summed E-state index contributed by atoms with van der Waals surface area (Å²) in [6.45, 7) is 1.76. The molecular formula is C16H22FNO. The minimum atomic E-state index is -0.187. The summed E-state index contributed by atoms with van der Waals surface area (Å²) >= 11 is 0. The van der Waals surface area contributed by atoms with Gasteiger partial charge in [-0.1, -0.05) is 12.8 Å². The number of halogens is 1. The number of piperidine rings is 1. The van der Waals surface area contributed by atoms with Gasteiger partial charge in [0.05, 0.1) is 6.61 Å². The molecule has 3 heteroatoms. The molecule has 2 aliphatic rings. The largest absolute Gasteiger partial charge is 0.493 e. The van der Waals surface area contributed by atoms with E-state index in [0.29, 0.717) is 11.7 Å². The van der Waals surface area contributed by atoms with Gasteiger partial charge in [-0.2, -0.15) is 0 Å². The molecule has 1 aromatic rings. The highest BCUT2D eigenvalue weighted by Gasteiger charge is 2.19. The second-order valence-corrected chi connectivity index (χ2v) is 5.83. The molecule has 1 heterocycles. The Morgan fingerprint density at radius 1 is 1.11 bits per heavy atom. The van der Waals surface area contributed by atoms with Gasteiger partial charge in [0, 0.05) is 12.1 Å². The summed E-state index contributed by atoms with van der Waals surface area (Å²) in [6.07, 6.45) is 7.35. The van der Waals surface area contributed by atoms with Crippen LogP contribution >= 0.6 is 0 Å². The summed E-state index contributed by atoms with van der Waals surface area (Å²) in [5.74, 6) is 1.18. The molecule has 19 heavy (non-hydrogen) atoms. The van der Waals surface area contributed by atoms with Gasteiger partial charge in [-0.25, -0.2) is 4.39 Å². The van der Waals surface area contributed by atoms with Gasteiger partial charge < -0.3 is 10.1 Å². The first-order chi connectivity index (χ1) is 9.31. The van der Waals surface area contributed by atoms with Crippen molar-refractivity contribution in [3.05, 3.63) is 29.6 Å². The molecule has 1 saturated carbocycles. The fraction of sp³-hybridized carbons (Fsp3) is 0.625. The van der Waals surface area contributed by atoms with Crippen LogP contribution in [0.1, 0.15) is 50.1 Å². The number of nitrogens with one attached hydrogen (secondary N) is 1. The Morgan fingerprint density at radius 3 is 2.68 bits per heavy atom. The molecule has 3 rings (SSSR count). The Kier molecular flexibility index (Phi) is 4.02. The number of hydrogen-bond acceptors (Lipinski definition) is 2. The van der Waals surface area contributed by atoms with E-state index in [1.165, 1.54) is 38.2 Å². The van der Waals surface area contributed by atoms with Gasteiger partial charge in [-0.3, -0.25) is 0 Å². The topological polar surface area (TPSA) is 21.3 Å². The zero-order valence-corrected chi connectivity index (χ0v) is 11.3. The Bertz CT molecular complexity index is 425. The molecule has 104 valence electrons. The van der Waals surface area contributed by atoms with E-state index in [1.54, 1.807) is 6.07 Å². The van der Waals surface area contributed by atoms with Gasteiger partial charge in [-0.05, 0) is 55.8 Å². The van der Waals surface area contributed by atoms with Crippen LogP contribution in [-0.4, -0.2) is 13.2 Å². The lowest BCUT2D eigenvalue weighted by atomic mass is 9.86. The standard InChI is InChI=1S/C16H22FNO/c17-14-8-13(16-6-1-2-7-18-16)9-15(10-14)19-11-12-4-3-5-12/h8-10,12,16,18H,1-7,11H2. The summed E-state index contributed by atoms with van der Waals surface area (Å²) in [5, 5.41) is 3.45. The third kappa shape index (κ3) is 3.27. The molecule has 0 spiro atoms. The first-order valence-electron chi connectivity index (χ1n) is 7.48. The van der Waals surface area contributed by atoms with Crippen LogP contribution in [0.3, 0.4) is 0 Å². The van der Waals surface area contributed by atoms with Crippen LogP contribution in [-0.2, 0) is 0 Å². The van der Waals surface area contributed by atoms with E-state index < -0.39 is 0 Å². The highest BCUT2D eigenvalue weighted by Crippen LogP contribution is 2.30. The lowest BCUT2D eigenvalue weighted by molar-refractivity contribution is 0.180. The SMILES string of the molecule is Fc1cc(OCC2CCC2)cc(C2CCCCN2)c1. The first-order valence-corrected chi connectivity index (χ1v) is 7.48. The molecule has 2 fully saturated rings. The molecule has 1 aliphatic carbocycles. The Morgan fingerprint density at radius 2 is 2.00 bits per heavy atom. The van der Waals surface area contributed by atoms with Crippen molar-refractivity contribution in [1.29, 1.82) is 0 Å². The van der Waals surface area contributed by atoms with Crippen LogP contribution in [0.2, 0.25) is 0 Å². The fourth-order valence-electron chi connectivity index (χ4n) is 2.88. The maximum Gasteiger partial charge on any atom is 0.127 e. The zero-order chi connectivity index (χ0) is 13.1. The van der Waals surface area contributed by atoms with Crippen LogP contribution in [0, 0.1) is 11.7 Å². The van der Waals surface area contributed by atoms with Crippen molar-refractivity contribution in [2.45, 2.75) is 44.6 Å². The van der Waals surface area contributed by atoms with Crippen molar-refractivity contribution in [1.82, 2.24) is 5.32 Å². The predicted molar refractivity (Wildman–Crippen MR) is 73.8 cm³/mol. The van der Waals surface area contributed by atoms with Gasteiger partial charge in [-0.15, -0.1) is 0 Å². The normalized spacial score (nSPS) is 23.9. The summed E-state index contributed by atoms with van der Waals surface area (Å²) in [6, 6.07) is 5.44. The van der Waals surface area contributed by atoms with Crippen LogP contribution in [0.25, 0.3) is 0 Å². The molecule has 1 atom stereocenters. The van der Waals surface area contributed by atoms with Crippen molar-refractivity contribution in [2.24, 2.45) is 5.92 Å². The molecule has 1 aliphatic heterocycles. The van der Waals surface area contributed by atoms with Crippen molar-refractivity contribution < 1.29 is 9.13 Å². The van der Waals surface area contributed by atoms with E-state index in [9.17, 15) is 4.39 Å². The van der Waals surface area contributed by atoms with Crippen LogP contribution < -0.4 is 10.1 Å². The van der Waals surface area contributed by atoms with Gasteiger partial charge in [0.25, 0.3) is 0 Å². The minimum absolute atomic E-state index is 0.187. The number of ether oxygens (including phenoxy) is 1. The molecule has 2 nitrogen and oxygen atoms in total. The van der Waals surface area contributed by atoms with Crippen molar-refractivity contribution in [3.63, 3.8) is 0 Å². The van der Waals surface area contributed by atoms with Crippen molar-refractivity contribution in [3.8, 4) is 5.75 Å². The van der Waals surface area contributed by atoms with E-state index in [-0.39, 0.29) is 11.9 Å². The Labute approximate surface area is 114 Å². The van der Waals surface area contributed by atoms with Crippen molar-refractivity contribution >= 4 is 0 Å². The minimum Gasteiger partial charge on any atom is -0.493 e. The van der Waals surface area contributed by atoms with E-state index in [4.69, 9.17) is 4.74 Å². The lowest BCUT2D eigenvalue weighted by Crippen LogP contribution is -2.27. The van der Waals surface area contributed by atoms with Crippen LogP contribution in [0.15, 0.2) is 18.2 Å². The van der Waals surface area contributed by atoms with E-state index in [2.05, 4.69) is 5.32 Å². The summed E-state index contributed by atoms with van der Waals surface area (Å²) in [5.41, 5.74) is 1.03. The molecule has 0 bridgehead atoms. The highest BCUT2D eigenvalue weighted by molar-refractivity contribution is 5.32. The van der Waals surface area contributed by atoms with Gasteiger partial charge in [0.2, 0.25) is 0 Å². The lowest BCUT2D eigenvalue weighted by Gasteiger charge is -2.26. The number of hydrogen-bond donors (Lipinski definition) is 1. The van der Waals surface area contributed by atoms with Gasteiger partial charge in [0.15, 0.2) is 0 Å². The molecule has 1 saturated heterocycles. The first kappa shape index (κ1) is 12.9. The van der Waals surface area contributed by atoms with Crippen LogP contribution in [0.4, 0.5) is 4.39 Å². The van der Waals surface area contributed by atoms with E-state index in [0.717, 1.165) is 25.1 Å². The summed E-state index contributed by atoms with van der Waals surface area (Å²) in [7, 11) is 0. The second kappa shape index (κ2) is 5.91. The third-order valence-corrected chi connectivity index (χ3v) is 4.32. The van der Waals surface area contributed by atoms with Crippen molar-refractivity contribution in [2.75, 3.05) is 13.2 Å². The predicted octanol–water partition coefficient (Wildman–Crippen LogP) is 3.82. The second-order valence-electron chi connectivity index (χ2n) is 5.83. The fourth-order valence-corrected chi connectivity index (χ4v) is 2.88. The maximum absolute atomic E-state index is 13.7. The third-order valence-electron chi connectivity index (χ3n) is 4.32. The van der Waals surface area contributed by atoms with Gasteiger partial charge >= 0.3 is 0 Å². The Hall–Kier alpha value is -1.09. The smallest absolute Gasteiger partial charge is 0.127 e. The highest BCUT2D eigenvalue weighted by atomic mass is 19.1.